The minimum atomic E-state index is 0. The molecule has 4 heteroatoms. The van der Waals surface area contributed by atoms with Crippen LogP contribution >= 0.6 is 11.3 Å². The minimum absolute atomic E-state index is 0. The summed E-state index contributed by atoms with van der Waals surface area (Å²) in [5.74, 6) is 1.79. The third-order valence-electron chi connectivity index (χ3n) is 1.19. The molecule has 0 unspecified atom stereocenters. The zero-order valence-corrected chi connectivity index (χ0v) is 11.8. The molecule has 0 N–H and O–H groups in total. The van der Waals surface area contributed by atoms with Crippen molar-refractivity contribution in [3.05, 3.63) is 10.8 Å². The van der Waals surface area contributed by atoms with Gasteiger partial charge in [0.05, 0.1) is 0 Å². The van der Waals surface area contributed by atoms with Crippen LogP contribution in [0.2, 0.25) is 0 Å². The van der Waals surface area contributed by atoms with Gasteiger partial charge < -0.3 is 9.47 Å². The van der Waals surface area contributed by atoms with E-state index in [9.17, 15) is 0 Å². The van der Waals surface area contributed by atoms with Crippen molar-refractivity contribution < 1.29 is 9.47 Å². The molecule has 2 heterocycles. The van der Waals surface area contributed by atoms with Crippen LogP contribution in [0.3, 0.4) is 0 Å². The SMILES string of the molecule is [PbH2].c1scc2c1OCCO2. The van der Waals surface area contributed by atoms with E-state index < -0.39 is 0 Å². The maximum absolute atomic E-state index is 5.25. The maximum atomic E-state index is 5.25. The zero-order valence-electron chi connectivity index (χ0n) is 5.50. The fourth-order valence-electron chi connectivity index (χ4n) is 0.787. The van der Waals surface area contributed by atoms with Gasteiger partial charge in [-0.3, -0.25) is 0 Å². The predicted molar refractivity (Wildman–Crippen MR) is 43.9 cm³/mol. The first-order valence-electron chi connectivity index (χ1n) is 2.78. The fourth-order valence-corrected chi connectivity index (χ4v) is 1.47. The molecule has 2 rings (SSSR count). The molecule has 0 atom stereocenters. The van der Waals surface area contributed by atoms with Gasteiger partial charge in [-0.1, -0.05) is 0 Å². The molecule has 2 radical (unpaired) electrons. The molecule has 0 amide bonds. The number of thiophene rings is 1. The van der Waals surface area contributed by atoms with Crippen molar-refractivity contribution in [3.8, 4) is 11.5 Å². The molecule has 0 bridgehead atoms. The number of rotatable bonds is 0. The van der Waals surface area contributed by atoms with Gasteiger partial charge in [0.15, 0.2) is 11.5 Å². The molecule has 0 aromatic carbocycles. The van der Waals surface area contributed by atoms with Crippen LogP contribution in [0.15, 0.2) is 10.8 Å². The van der Waals surface area contributed by atoms with E-state index in [-0.39, 0.29) is 27.3 Å². The normalized spacial score (nSPS) is 14.0. The van der Waals surface area contributed by atoms with Gasteiger partial charge in [0.1, 0.15) is 13.2 Å². The van der Waals surface area contributed by atoms with Crippen molar-refractivity contribution in [2.45, 2.75) is 0 Å². The summed E-state index contributed by atoms with van der Waals surface area (Å²) in [5.41, 5.74) is 0. The van der Waals surface area contributed by atoms with Gasteiger partial charge >= 0.3 is 27.3 Å². The maximum Gasteiger partial charge on any atom is 0.172 e. The molecule has 0 saturated heterocycles. The molecule has 0 aliphatic carbocycles. The van der Waals surface area contributed by atoms with Gasteiger partial charge in [-0.2, -0.15) is 0 Å². The minimum Gasteiger partial charge on any atom is -0.485 e. The molecule has 1 aliphatic heterocycles. The molecule has 1 aromatic rings. The van der Waals surface area contributed by atoms with Crippen molar-refractivity contribution in [2.24, 2.45) is 0 Å². The Labute approximate surface area is 83.3 Å². The Morgan fingerprint density at radius 2 is 1.60 bits per heavy atom. The summed E-state index contributed by atoms with van der Waals surface area (Å²) in [6.07, 6.45) is 0. The van der Waals surface area contributed by atoms with E-state index in [1.807, 2.05) is 10.8 Å². The molecule has 1 aromatic heterocycles. The van der Waals surface area contributed by atoms with Crippen molar-refractivity contribution >= 4 is 38.6 Å². The topological polar surface area (TPSA) is 18.5 Å². The van der Waals surface area contributed by atoms with Gasteiger partial charge in [0, 0.05) is 10.8 Å². The summed E-state index contributed by atoms with van der Waals surface area (Å²) in [6.45, 7) is 1.37. The van der Waals surface area contributed by atoms with E-state index in [1.165, 1.54) is 0 Å². The van der Waals surface area contributed by atoms with E-state index >= 15 is 0 Å². The Morgan fingerprint density at radius 1 is 1.10 bits per heavy atom. The second-order valence-corrected chi connectivity index (χ2v) is 2.54. The van der Waals surface area contributed by atoms with Gasteiger partial charge in [-0.15, -0.1) is 11.3 Å². The Hall–Kier alpha value is 0.222. The van der Waals surface area contributed by atoms with Crippen molar-refractivity contribution in [1.82, 2.24) is 0 Å². The monoisotopic (exact) mass is 352 g/mol. The van der Waals surface area contributed by atoms with Crippen LogP contribution in [0.4, 0.5) is 0 Å². The first-order valence-corrected chi connectivity index (χ1v) is 3.73. The molecule has 2 nitrogen and oxygen atoms in total. The Kier molecular flexibility index (Phi) is 2.97. The van der Waals surface area contributed by atoms with Crippen LogP contribution < -0.4 is 9.47 Å². The third kappa shape index (κ3) is 1.45. The molecule has 54 valence electrons. The third-order valence-corrected chi connectivity index (χ3v) is 1.89. The van der Waals surface area contributed by atoms with E-state index in [0.29, 0.717) is 13.2 Å². The summed E-state index contributed by atoms with van der Waals surface area (Å²) in [4.78, 5) is 0. The zero-order chi connectivity index (χ0) is 6.10. The smallest absolute Gasteiger partial charge is 0.172 e. The Bertz CT molecular complexity index is 191. The molecule has 10 heavy (non-hydrogen) atoms. The van der Waals surface area contributed by atoms with Crippen LogP contribution in [0, 0.1) is 0 Å². The number of ether oxygens (including phenoxy) is 2. The van der Waals surface area contributed by atoms with Crippen molar-refractivity contribution in [2.75, 3.05) is 13.2 Å². The van der Waals surface area contributed by atoms with Gasteiger partial charge in [0.2, 0.25) is 0 Å². The Balaban J connectivity index is 0.000000500. The largest absolute Gasteiger partial charge is 0.485 e. The number of hydrogen-bond donors (Lipinski definition) is 0. The van der Waals surface area contributed by atoms with Crippen LogP contribution in [-0.2, 0) is 0 Å². The average molecular weight is 351 g/mol. The molecular formula is C6H8O2PbS. The van der Waals surface area contributed by atoms with E-state index in [4.69, 9.17) is 9.47 Å². The van der Waals surface area contributed by atoms with Crippen molar-refractivity contribution in [3.63, 3.8) is 0 Å². The standard InChI is InChI=1S/C6H6O2S.Pb.2H/c1-2-8-6-4-9-3-5(6)7-1;;;/h3-4H,1-2H2;;;. The fraction of sp³-hybridized carbons (Fsp3) is 0.333. The van der Waals surface area contributed by atoms with Gasteiger partial charge in [-0.05, 0) is 0 Å². The van der Waals surface area contributed by atoms with Crippen LogP contribution in [0.5, 0.6) is 11.5 Å². The second kappa shape index (κ2) is 3.57. The van der Waals surface area contributed by atoms with E-state index in [2.05, 4.69) is 0 Å². The first-order chi connectivity index (χ1) is 4.47. The van der Waals surface area contributed by atoms with Crippen LogP contribution in [-0.4, -0.2) is 40.5 Å². The van der Waals surface area contributed by atoms with Gasteiger partial charge in [-0.25, -0.2) is 0 Å². The quantitative estimate of drug-likeness (QED) is 0.638. The van der Waals surface area contributed by atoms with Crippen molar-refractivity contribution in [1.29, 1.82) is 0 Å². The number of fused-ring (bicyclic) bond motifs is 1. The van der Waals surface area contributed by atoms with Crippen LogP contribution in [0.25, 0.3) is 0 Å². The first kappa shape index (κ1) is 8.32. The molecule has 0 saturated carbocycles. The molecule has 0 spiro atoms. The number of hydrogen-bond acceptors (Lipinski definition) is 3. The summed E-state index contributed by atoms with van der Waals surface area (Å²) >= 11 is 1.61. The molecule has 0 fully saturated rings. The predicted octanol–water partition coefficient (Wildman–Crippen LogP) is 0.603. The summed E-state index contributed by atoms with van der Waals surface area (Å²) in [7, 11) is 0. The Morgan fingerprint density at radius 3 is 2.10 bits per heavy atom. The van der Waals surface area contributed by atoms with Gasteiger partial charge in [0.25, 0.3) is 0 Å². The molecule has 1 aliphatic rings. The van der Waals surface area contributed by atoms with Crippen LogP contribution in [0.1, 0.15) is 0 Å². The van der Waals surface area contributed by atoms with E-state index in [0.717, 1.165) is 11.5 Å². The van der Waals surface area contributed by atoms with E-state index in [1.54, 1.807) is 11.3 Å². The summed E-state index contributed by atoms with van der Waals surface area (Å²) in [6, 6.07) is 0. The second-order valence-electron chi connectivity index (χ2n) is 1.80. The summed E-state index contributed by atoms with van der Waals surface area (Å²) in [5, 5.41) is 3.91. The molecular weight excluding hydrogens is 343 g/mol. The summed E-state index contributed by atoms with van der Waals surface area (Å²) < 4.78 is 10.5. The average Bonchev–Trinajstić information content (AvgIpc) is 2.33.